The first-order valence-electron chi connectivity index (χ1n) is 4.04. The van der Waals surface area contributed by atoms with Crippen molar-refractivity contribution < 1.29 is 4.74 Å². The van der Waals surface area contributed by atoms with Gasteiger partial charge in [-0.3, -0.25) is 0 Å². The normalized spacial score (nSPS) is 21.8. The molecule has 0 aromatic carbocycles. The smallest absolute Gasteiger partial charge is 0.0988 e. The van der Waals surface area contributed by atoms with Crippen molar-refractivity contribution in [1.82, 2.24) is 0 Å². The Bertz CT molecular complexity index is 136. The summed E-state index contributed by atoms with van der Waals surface area (Å²) in [6.45, 7) is 12.5. The van der Waals surface area contributed by atoms with Crippen molar-refractivity contribution in [3.63, 3.8) is 0 Å². The molecule has 1 atom stereocenters. The van der Waals surface area contributed by atoms with E-state index in [1.54, 1.807) is 0 Å². The van der Waals surface area contributed by atoms with Gasteiger partial charge in [-0.25, -0.2) is 0 Å². The Labute approximate surface area is 69.8 Å². The van der Waals surface area contributed by atoms with E-state index in [1.807, 2.05) is 6.26 Å². The van der Waals surface area contributed by atoms with E-state index in [9.17, 15) is 0 Å². The average molecular weight is 154 g/mol. The first-order valence-corrected chi connectivity index (χ1v) is 4.04. The molecule has 0 bridgehead atoms. The van der Waals surface area contributed by atoms with Crippen molar-refractivity contribution in [3.05, 3.63) is 25.0 Å². The number of hydrogen-bond donors (Lipinski definition) is 0. The first kappa shape index (κ1) is 10.3. The topological polar surface area (TPSA) is 9.23 Å². The van der Waals surface area contributed by atoms with Crippen LogP contribution in [0.4, 0.5) is 0 Å². The van der Waals surface area contributed by atoms with Gasteiger partial charge in [0.15, 0.2) is 0 Å². The van der Waals surface area contributed by atoms with E-state index in [2.05, 4.69) is 33.9 Å². The monoisotopic (exact) mass is 154 g/mol. The minimum absolute atomic E-state index is 0.419. The lowest BCUT2D eigenvalue weighted by Crippen LogP contribution is -1.98. The van der Waals surface area contributed by atoms with Crippen LogP contribution in [0.3, 0.4) is 0 Å². The van der Waals surface area contributed by atoms with Gasteiger partial charge in [0.1, 0.15) is 0 Å². The van der Waals surface area contributed by atoms with Crippen molar-refractivity contribution in [1.29, 1.82) is 0 Å². The van der Waals surface area contributed by atoms with Gasteiger partial charge in [0, 0.05) is 6.42 Å². The molecule has 0 aromatic heterocycles. The highest BCUT2D eigenvalue weighted by atomic mass is 16.5. The molecule has 0 N–H and O–H groups in total. The average Bonchev–Trinajstić information content (AvgIpc) is 2.40. The van der Waals surface area contributed by atoms with Crippen molar-refractivity contribution in [2.45, 2.75) is 33.3 Å². The van der Waals surface area contributed by atoms with Crippen LogP contribution >= 0.6 is 0 Å². The molecule has 0 spiro atoms. The Balaban J connectivity index is 0.000000461. The van der Waals surface area contributed by atoms with Gasteiger partial charge in [-0.1, -0.05) is 13.8 Å². The molecule has 0 aliphatic carbocycles. The van der Waals surface area contributed by atoms with Crippen LogP contribution in [0.15, 0.2) is 25.0 Å². The molecule has 1 unspecified atom stereocenters. The second kappa shape index (κ2) is 5.00. The molecule has 0 saturated carbocycles. The fraction of sp³-hybridized carbons (Fsp3) is 0.600. The lowest BCUT2D eigenvalue weighted by Gasteiger charge is -2.03. The molecule has 11 heavy (non-hydrogen) atoms. The van der Waals surface area contributed by atoms with Crippen molar-refractivity contribution >= 4 is 0 Å². The minimum atomic E-state index is 0.419. The van der Waals surface area contributed by atoms with Gasteiger partial charge in [0.25, 0.3) is 0 Å². The van der Waals surface area contributed by atoms with E-state index >= 15 is 0 Å². The van der Waals surface area contributed by atoms with Crippen LogP contribution in [0, 0.1) is 5.92 Å². The summed E-state index contributed by atoms with van der Waals surface area (Å²) < 4.78 is 5.26. The fourth-order valence-electron chi connectivity index (χ4n) is 1.00. The second-order valence-electron chi connectivity index (χ2n) is 3.00. The summed E-state index contributed by atoms with van der Waals surface area (Å²) in [4.78, 5) is 0. The Kier molecular flexibility index (Phi) is 4.67. The highest BCUT2D eigenvalue weighted by Crippen LogP contribution is 2.23. The van der Waals surface area contributed by atoms with Gasteiger partial charge in [-0.05, 0) is 18.4 Å². The summed E-state index contributed by atoms with van der Waals surface area (Å²) in [5.74, 6) is 0.662. The highest BCUT2D eigenvalue weighted by molar-refractivity contribution is 5.06. The Morgan fingerprint density at radius 1 is 1.55 bits per heavy atom. The van der Waals surface area contributed by atoms with Gasteiger partial charge in [0.05, 0.1) is 12.4 Å². The minimum Gasteiger partial charge on any atom is -0.498 e. The van der Waals surface area contributed by atoms with E-state index in [0.717, 1.165) is 6.42 Å². The lowest BCUT2D eigenvalue weighted by molar-refractivity contribution is 0.189. The predicted molar refractivity (Wildman–Crippen MR) is 49.3 cm³/mol. The summed E-state index contributed by atoms with van der Waals surface area (Å²) in [5, 5.41) is 0. The fourth-order valence-corrected chi connectivity index (χ4v) is 1.00. The molecule has 1 heterocycles. The van der Waals surface area contributed by atoms with Crippen LogP contribution in [-0.4, -0.2) is 6.10 Å². The molecule has 1 rings (SSSR count). The second-order valence-corrected chi connectivity index (χ2v) is 3.00. The molecule has 0 saturated heterocycles. The largest absolute Gasteiger partial charge is 0.498 e. The third-order valence-electron chi connectivity index (χ3n) is 1.72. The van der Waals surface area contributed by atoms with Crippen molar-refractivity contribution in [3.8, 4) is 0 Å². The molecule has 1 aliphatic rings. The molecule has 0 radical (unpaired) electrons. The maximum absolute atomic E-state index is 5.26. The predicted octanol–water partition coefficient (Wildman–Crippen LogP) is 3.14. The molecule has 0 aromatic rings. The van der Waals surface area contributed by atoms with Crippen LogP contribution in [0.25, 0.3) is 0 Å². The van der Waals surface area contributed by atoms with E-state index in [-0.39, 0.29) is 0 Å². The number of rotatable bonds is 1. The zero-order valence-corrected chi connectivity index (χ0v) is 7.76. The maximum Gasteiger partial charge on any atom is 0.0988 e. The van der Waals surface area contributed by atoms with E-state index in [1.165, 1.54) is 5.57 Å². The summed E-state index contributed by atoms with van der Waals surface area (Å²) in [5.41, 5.74) is 1.45. The standard InChI is InChI=1S/C8H14O.C2H4/c1-6(2)8-4-7(3)9-5-8;1-2/h5-7H,4H2,1-3H3;1-2H2. The van der Waals surface area contributed by atoms with Crippen LogP contribution in [0.5, 0.6) is 0 Å². The summed E-state index contributed by atoms with van der Waals surface area (Å²) in [7, 11) is 0. The molecule has 1 aliphatic heterocycles. The SMILES string of the molecule is C=C.CC1CC(C(C)C)=CO1. The molecular formula is C10H18O. The van der Waals surface area contributed by atoms with Crippen LogP contribution in [0.2, 0.25) is 0 Å². The van der Waals surface area contributed by atoms with E-state index in [4.69, 9.17) is 4.74 Å². The lowest BCUT2D eigenvalue weighted by atomic mass is 10.0. The van der Waals surface area contributed by atoms with E-state index in [0.29, 0.717) is 12.0 Å². The molecular weight excluding hydrogens is 136 g/mol. The van der Waals surface area contributed by atoms with Gasteiger partial charge < -0.3 is 4.74 Å². The first-order chi connectivity index (χ1) is 5.20. The van der Waals surface area contributed by atoms with Gasteiger partial charge in [-0.15, -0.1) is 13.2 Å². The zero-order valence-electron chi connectivity index (χ0n) is 7.76. The number of ether oxygens (including phenoxy) is 1. The molecule has 1 nitrogen and oxygen atoms in total. The molecule has 0 fully saturated rings. The van der Waals surface area contributed by atoms with Crippen molar-refractivity contribution in [2.75, 3.05) is 0 Å². The third kappa shape index (κ3) is 3.26. The molecule has 0 amide bonds. The Morgan fingerprint density at radius 3 is 2.27 bits per heavy atom. The number of hydrogen-bond acceptors (Lipinski definition) is 1. The Hall–Kier alpha value is -0.720. The summed E-state index contributed by atoms with van der Waals surface area (Å²) >= 11 is 0. The third-order valence-corrected chi connectivity index (χ3v) is 1.72. The maximum atomic E-state index is 5.26. The van der Waals surface area contributed by atoms with Gasteiger partial charge in [0.2, 0.25) is 0 Å². The Morgan fingerprint density at radius 2 is 2.09 bits per heavy atom. The quantitative estimate of drug-likeness (QED) is 0.527. The van der Waals surface area contributed by atoms with Crippen LogP contribution in [-0.2, 0) is 4.74 Å². The molecule has 1 heteroatoms. The van der Waals surface area contributed by atoms with E-state index < -0.39 is 0 Å². The van der Waals surface area contributed by atoms with Crippen molar-refractivity contribution in [2.24, 2.45) is 5.92 Å². The summed E-state index contributed by atoms with van der Waals surface area (Å²) in [6, 6.07) is 0. The van der Waals surface area contributed by atoms with Gasteiger partial charge in [-0.2, -0.15) is 0 Å². The zero-order chi connectivity index (χ0) is 8.85. The van der Waals surface area contributed by atoms with Crippen LogP contribution in [0.1, 0.15) is 27.2 Å². The highest BCUT2D eigenvalue weighted by Gasteiger charge is 2.15. The summed E-state index contributed by atoms with van der Waals surface area (Å²) in [6.07, 6.45) is 3.45. The molecule has 64 valence electrons. The van der Waals surface area contributed by atoms with Crippen LogP contribution < -0.4 is 0 Å². The van der Waals surface area contributed by atoms with Gasteiger partial charge >= 0.3 is 0 Å².